The van der Waals surface area contributed by atoms with E-state index in [-0.39, 0.29) is 11.9 Å². The molecule has 0 aliphatic carbocycles. The summed E-state index contributed by atoms with van der Waals surface area (Å²) >= 11 is 0. The van der Waals surface area contributed by atoms with Crippen molar-refractivity contribution in [3.05, 3.63) is 83.0 Å². The van der Waals surface area contributed by atoms with Crippen molar-refractivity contribution in [2.45, 2.75) is 26.0 Å². The second-order valence-corrected chi connectivity index (χ2v) is 8.63. The van der Waals surface area contributed by atoms with Gasteiger partial charge in [-0.2, -0.15) is 0 Å². The fraction of sp³-hybridized carbons (Fsp3) is 0.250. The van der Waals surface area contributed by atoms with E-state index in [0.29, 0.717) is 12.4 Å². The van der Waals surface area contributed by atoms with Gasteiger partial charge in [0.2, 0.25) is 5.91 Å². The Bertz CT molecular complexity index is 1360. The summed E-state index contributed by atoms with van der Waals surface area (Å²) in [6.07, 6.45) is 0.958. The number of nitrogens with one attached hydrogen (secondary N) is 3. The van der Waals surface area contributed by atoms with Crippen LogP contribution >= 0.6 is 0 Å². The molecule has 0 radical (unpaired) electrons. The Hall–Kier alpha value is -3.97. The Labute approximate surface area is 204 Å². The quantitative estimate of drug-likeness (QED) is 0.355. The van der Waals surface area contributed by atoms with Crippen molar-refractivity contribution >= 4 is 22.5 Å². The lowest BCUT2D eigenvalue weighted by atomic mass is 9.93. The lowest BCUT2D eigenvalue weighted by Crippen LogP contribution is -2.30. The highest BCUT2D eigenvalue weighted by Crippen LogP contribution is 2.36. The first-order chi connectivity index (χ1) is 17.1. The van der Waals surface area contributed by atoms with E-state index in [2.05, 4.69) is 39.9 Å². The second-order valence-electron chi connectivity index (χ2n) is 8.63. The van der Waals surface area contributed by atoms with E-state index in [1.807, 2.05) is 36.4 Å². The predicted molar refractivity (Wildman–Crippen MR) is 136 cm³/mol. The Morgan fingerprint density at radius 3 is 2.54 bits per heavy atom. The maximum absolute atomic E-state index is 11.2. The summed E-state index contributed by atoms with van der Waals surface area (Å²) in [5, 5.41) is 7.64. The molecule has 1 aromatic heterocycles. The summed E-state index contributed by atoms with van der Waals surface area (Å²) in [4.78, 5) is 14.9. The number of amides is 1. The number of benzene rings is 3. The van der Waals surface area contributed by atoms with E-state index in [4.69, 9.17) is 14.2 Å². The Kier molecular flexibility index (Phi) is 6.33. The van der Waals surface area contributed by atoms with E-state index in [1.165, 1.54) is 23.6 Å². The minimum atomic E-state index is -0.103. The van der Waals surface area contributed by atoms with Crippen LogP contribution in [0.3, 0.4) is 0 Å². The third-order valence-corrected chi connectivity index (χ3v) is 6.37. The molecule has 1 atom stereocenters. The molecule has 0 saturated heterocycles. The normalized spacial score (nSPS) is 14.9. The topological polar surface area (TPSA) is 84.6 Å². The second kappa shape index (κ2) is 9.72. The monoisotopic (exact) mass is 471 g/mol. The van der Waals surface area contributed by atoms with Gasteiger partial charge in [-0.1, -0.05) is 6.07 Å². The van der Waals surface area contributed by atoms with Crippen molar-refractivity contribution in [3.8, 4) is 17.2 Å². The molecule has 0 saturated carbocycles. The van der Waals surface area contributed by atoms with Gasteiger partial charge in [0, 0.05) is 41.3 Å². The summed E-state index contributed by atoms with van der Waals surface area (Å²) in [5.74, 6) is 2.26. The molecule has 35 heavy (non-hydrogen) atoms. The standard InChI is InChI=1S/C28H29N3O4/c1-17(32)30-20-5-7-21(8-6-20)35-16-19-14-18(4-11-26(19)34-3)27-28-23(12-13-29-27)24-15-22(33-2)9-10-25(24)31-28/h4-11,14-15,27,29,31H,12-13,16H2,1-3H3,(H,30,32)/t27-/m0/s1. The summed E-state index contributed by atoms with van der Waals surface area (Å²) in [7, 11) is 3.37. The number of hydrogen-bond acceptors (Lipinski definition) is 5. The lowest BCUT2D eigenvalue weighted by molar-refractivity contribution is -0.114. The molecule has 5 rings (SSSR count). The van der Waals surface area contributed by atoms with Crippen LogP contribution in [0, 0.1) is 0 Å². The summed E-state index contributed by atoms with van der Waals surface area (Å²) in [5.41, 5.74) is 6.47. The van der Waals surface area contributed by atoms with Crippen LogP contribution in [0.1, 0.15) is 35.3 Å². The van der Waals surface area contributed by atoms with Crippen molar-refractivity contribution < 1.29 is 19.0 Å². The fourth-order valence-electron chi connectivity index (χ4n) is 4.71. The predicted octanol–water partition coefficient (Wildman–Crippen LogP) is 4.96. The molecule has 0 unspecified atom stereocenters. The largest absolute Gasteiger partial charge is 0.497 e. The average molecular weight is 472 g/mol. The number of methoxy groups -OCH3 is 2. The SMILES string of the molecule is COc1ccc2[nH]c3c(c2c1)CCN[C@H]3c1ccc(OC)c(COc2ccc(NC(C)=O)cc2)c1. The zero-order valence-electron chi connectivity index (χ0n) is 20.1. The minimum absolute atomic E-state index is 0.0405. The van der Waals surface area contributed by atoms with Crippen molar-refractivity contribution in [2.75, 3.05) is 26.1 Å². The van der Waals surface area contributed by atoms with Crippen LogP contribution in [0.15, 0.2) is 60.7 Å². The van der Waals surface area contributed by atoms with E-state index >= 15 is 0 Å². The maximum atomic E-state index is 11.2. The smallest absolute Gasteiger partial charge is 0.221 e. The number of H-pyrrole nitrogens is 1. The van der Waals surface area contributed by atoms with E-state index in [0.717, 1.165) is 46.8 Å². The number of ether oxygens (including phenoxy) is 3. The van der Waals surface area contributed by atoms with Crippen LogP contribution in [-0.2, 0) is 17.8 Å². The Balaban J connectivity index is 1.41. The molecule has 1 aliphatic heterocycles. The van der Waals surface area contributed by atoms with Crippen LogP contribution in [0.4, 0.5) is 5.69 Å². The Morgan fingerprint density at radius 2 is 1.80 bits per heavy atom. The van der Waals surface area contributed by atoms with Gasteiger partial charge in [0.15, 0.2) is 0 Å². The van der Waals surface area contributed by atoms with Gasteiger partial charge in [0.25, 0.3) is 0 Å². The van der Waals surface area contributed by atoms with Crippen LogP contribution in [-0.4, -0.2) is 31.7 Å². The van der Waals surface area contributed by atoms with Gasteiger partial charge in [0.1, 0.15) is 23.9 Å². The highest BCUT2D eigenvalue weighted by molar-refractivity contribution is 5.88. The first-order valence-electron chi connectivity index (χ1n) is 11.6. The molecule has 7 nitrogen and oxygen atoms in total. The molecule has 1 amide bonds. The van der Waals surface area contributed by atoms with E-state index in [1.54, 1.807) is 14.2 Å². The minimum Gasteiger partial charge on any atom is -0.497 e. The van der Waals surface area contributed by atoms with Crippen molar-refractivity contribution in [1.29, 1.82) is 0 Å². The van der Waals surface area contributed by atoms with Crippen LogP contribution in [0.25, 0.3) is 10.9 Å². The van der Waals surface area contributed by atoms with Gasteiger partial charge in [0.05, 0.1) is 20.3 Å². The zero-order valence-corrected chi connectivity index (χ0v) is 20.1. The molecule has 1 aliphatic rings. The van der Waals surface area contributed by atoms with Crippen LogP contribution in [0.2, 0.25) is 0 Å². The number of hydrogen-bond donors (Lipinski definition) is 3. The molecule has 7 heteroatoms. The molecular formula is C28H29N3O4. The maximum Gasteiger partial charge on any atom is 0.221 e. The molecule has 0 bridgehead atoms. The van der Waals surface area contributed by atoms with Crippen LogP contribution < -0.4 is 24.8 Å². The van der Waals surface area contributed by atoms with Gasteiger partial charge < -0.3 is 29.8 Å². The third kappa shape index (κ3) is 4.68. The molecule has 4 aromatic rings. The van der Waals surface area contributed by atoms with E-state index in [9.17, 15) is 4.79 Å². The van der Waals surface area contributed by atoms with Crippen molar-refractivity contribution in [3.63, 3.8) is 0 Å². The first-order valence-corrected chi connectivity index (χ1v) is 11.6. The van der Waals surface area contributed by atoms with Crippen molar-refractivity contribution in [1.82, 2.24) is 10.3 Å². The first kappa shape index (κ1) is 22.8. The van der Waals surface area contributed by atoms with E-state index < -0.39 is 0 Å². The summed E-state index contributed by atoms with van der Waals surface area (Å²) in [6, 6.07) is 19.8. The van der Waals surface area contributed by atoms with Gasteiger partial charge >= 0.3 is 0 Å². The van der Waals surface area contributed by atoms with Crippen LogP contribution in [0.5, 0.6) is 17.2 Å². The molecule has 0 fully saturated rings. The number of carbonyl (C=O) groups is 1. The highest BCUT2D eigenvalue weighted by Gasteiger charge is 2.26. The number of fused-ring (bicyclic) bond motifs is 3. The van der Waals surface area contributed by atoms with Gasteiger partial charge in [-0.3, -0.25) is 4.79 Å². The number of aromatic nitrogens is 1. The van der Waals surface area contributed by atoms with Gasteiger partial charge in [-0.15, -0.1) is 0 Å². The molecule has 3 aromatic carbocycles. The zero-order chi connectivity index (χ0) is 24.4. The number of carbonyl (C=O) groups excluding carboxylic acids is 1. The fourth-order valence-corrected chi connectivity index (χ4v) is 4.71. The molecule has 180 valence electrons. The Morgan fingerprint density at radius 1 is 1.00 bits per heavy atom. The summed E-state index contributed by atoms with van der Waals surface area (Å²) < 4.78 is 17.1. The number of rotatable bonds is 7. The lowest BCUT2D eigenvalue weighted by Gasteiger charge is -2.25. The molecule has 3 N–H and O–H groups in total. The molecular weight excluding hydrogens is 442 g/mol. The summed E-state index contributed by atoms with van der Waals surface area (Å²) in [6.45, 7) is 2.74. The molecule has 0 spiro atoms. The number of anilines is 1. The highest BCUT2D eigenvalue weighted by atomic mass is 16.5. The van der Waals surface area contributed by atoms with Crippen molar-refractivity contribution in [2.24, 2.45) is 0 Å². The van der Waals surface area contributed by atoms with Gasteiger partial charge in [-0.25, -0.2) is 0 Å². The van der Waals surface area contributed by atoms with Gasteiger partial charge in [-0.05, 0) is 72.1 Å². The third-order valence-electron chi connectivity index (χ3n) is 6.37. The number of aromatic amines is 1. The average Bonchev–Trinajstić information content (AvgIpc) is 3.25. The molecule has 2 heterocycles.